The molecule has 3 nitrogen and oxygen atoms in total. The zero-order chi connectivity index (χ0) is 11.9. The predicted octanol–water partition coefficient (Wildman–Crippen LogP) is 1.98. The molecule has 0 saturated heterocycles. The van der Waals surface area contributed by atoms with E-state index in [4.69, 9.17) is 15.2 Å². The molecule has 0 radical (unpaired) electrons. The first-order valence-corrected chi connectivity index (χ1v) is 6.05. The fourth-order valence-corrected chi connectivity index (χ4v) is 2.41. The molecule has 0 aromatic heterocycles. The van der Waals surface area contributed by atoms with E-state index in [0.29, 0.717) is 36.8 Å². The summed E-state index contributed by atoms with van der Waals surface area (Å²) < 4.78 is 25.3. The van der Waals surface area contributed by atoms with Gasteiger partial charge in [-0.15, -0.1) is 0 Å². The van der Waals surface area contributed by atoms with Gasteiger partial charge in [0.15, 0.2) is 11.5 Å². The lowest BCUT2D eigenvalue weighted by Gasteiger charge is -2.19. The van der Waals surface area contributed by atoms with Gasteiger partial charge in [-0.05, 0) is 25.0 Å². The van der Waals surface area contributed by atoms with Gasteiger partial charge < -0.3 is 15.2 Å². The molecule has 0 spiro atoms. The summed E-state index contributed by atoms with van der Waals surface area (Å²) >= 11 is 0. The van der Waals surface area contributed by atoms with Crippen molar-refractivity contribution in [2.24, 2.45) is 5.73 Å². The molecule has 1 heterocycles. The Morgan fingerprint density at radius 1 is 1.24 bits per heavy atom. The van der Waals surface area contributed by atoms with E-state index in [-0.39, 0.29) is 11.2 Å². The van der Waals surface area contributed by atoms with Crippen molar-refractivity contribution in [3.63, 3.8) is 0 Å². The average Bonchev–Trinajstić information content (AvgIpc) is 3.12. The molecule has 17 heavy (non-hydrogen) atoms. The smallest absolute Gasteiger partial charge is 0.167 e. The summed E-state index contributed by atoms with van der Waals surface area (Å²) in [4.78, 5) is 0. The van der Waals surface area contributed by atoms with Crippen molar-refractivity contribution >= 4 is 0 Å². The van der Waals surface area contributed by atoms with Crippen molar-refractivity contribution < 1.29 is 13.9 Å². The molecule has 1 aliphatic carbocycles. The van der Waals surface area contributed by atoms with E-state index in [0.717, 1.165) is 19.3 Å². The van der Waals surface area contributed by atoms with Gasteiger partial charge in [0.2, 0.25) is 0 Å². The van der Waals surface area contributed by atoms with Crippen LogP contribution in [-0.4, -0.2) is 19.8 Å². The van der Waals surface area contributed by atoms with Crippen LogP contribution in [0, 0.1) is 5.82 Å². The van der Waals surface area contributed by atoms with Gasteiger partial charge in [0, 0.05) is 23.9 Å². The van der Waals surface area contributed by atoms with E-state index < -0.39 is 0 Å². The van der Waals surface area contributed by atoms with Crippen LogP contribution in [0.15, 0.2) is 12.1 Å². The Hall–Kier alpha value is -1.29. The lowest BCUT2D eigenvalue weighted by atomic mass is 9.94. The topological polar surface area (TPSA) is 44.5 Å². The molecule has 1 saturated carbocycles. The van der Waals surface area contributed by atoms with Crippen LogP contribution in [0.1, 0.15) is 24.8 Å². The van der Waals surface area contributed by atoms with Crippen molar-refractivity contribution in [1.82, 2.24) is 0 Å². The van der Waals surface area contributed by atoms with Crippen LogP contribution in [-0.2, 0) is 5.41 Å². The largest absolute Gasteiger partial charge is 0.490 e. The van der Waals surface area contributed by atoms with E-state index in [9.17, 15) is 4.39 Å². The number of rotatable bonds is 2. The molecule has 3 rings (SSSR count). The molecular weight excluding hydrogens is 221 g/mol. The summed E-state index contributed by atoms with van der Waals surface area (Å²) in [6, 6.07) is 3.10. The number of ether oxygens (including phenoxy) is 2. The molecule has 4 heteroatoms. The van der Waals surface area contributed by atoms with E-state index in [1.807, 2.05) is 0 Å². The molecule has 2 N–H and O–H groups in total. The molecule has 2 aliphatic rings. The summed E-state index contributed by atoms with van der Waals surface area (Å²) in [6.07, 6.45) is 2.69. The SMILES string of the molecule is NCC1(c2c(F)ccc3c2OCCCO3)CC1. The Morgan fingerprint density at radius 2 is 2.00 bits per heavy atom. The lowest BCUT2D eigenvalue weighted by Crippen LogP contribution is -2.22. The van der Waals surface area contributed by atoms with Gasteiger partial charge in [0.05, 0.1) is 13.2 Å². The van der Waals surface area contributed by atoms with Crippen molar-refractivity contribution in [3.05, 3.63) is 23.5 Å². The number of nitrogens with two attached hydrogens (primary N) is 1. The first kappa shape index (κ1) is 10.8. The Labute approximate surface area is 99.7 Å². The minimum atomic E-state index is -0.225. The number of hydrogen-bond donors (Lipinski definition) is 1. The maximum Gasteiger partial charge on any atom is 0.167 e. The predicted molar refractivity (Wildman–Crippen MR) is 62.0 cm³/mol. The van der Waals surface area contributed by atoms with Crippen molar-refractivity contribution in [3.8, 4) is 11.5 Å². The second-order valence-electron chi connectivity index (χ2n) is 4.78. The highest BCUT2D eigenvalue weighted by atomic mass is 19.1. The average molecular weight is 237 g/mol. The third kappa shape index (κ3) is 1.67. The van der Waals surface area contributed by atoms with Crippen molar-refractivity contribution in [2.75, 3.05) is 19.8 Å². The minimum Gasteiger partial charge on any atom is -0.490 e. The molecule has 92 valence electrons. The van der Waals surface area contributed by atoms with Crippen molar-refractivity contribution in [1.29, 1.82) is 0 Å². The fraction of sp³-hybridized carbons (Fsp3) is 0.538. The Bertz CT molecular complexity index is 443. The van der Waals surface area contributed by atoms with E-state index in [2.05, 4.69) is 0 Å². The molecule has 1 aromatic rings. The summed E-state index contributed by atoms with van der Waals surface area (Å²) in [6.45, 7) is 1.65. The minimum absolute atomic E-state index is 0.219. The lowest BCUT2D eigenvalue weighted by molar-refractivity contribution is 0.295. The molecule has 0 atom stereocenters. The molecule has 0 unspecified atom stereocenters. The van der Waals surface area contributed by atoms with Crippen LogP contribution < -0.4 is 15.2 Å². The first-order valence-electron chi connectivity index (χ1n) is 6.05. The Kier molecular flexibility index (Phi) is 2.47. The first-order chi connectivity index (χ1) is 8.27. The monoisotopic (exact) mass is 237 g/mol. The summed E-state index contributed by atoms with van der Waals surface area (Å²) in [5.74, 6) is 1.00. The Morgan fingerprint density at radius 3 is 2.71 bits per heavy atom. The van der Waals surface area contributed by atoms with E-state index in [1.165, 1.54) is 6.07 Å². The van der Waals surface area contributed by atoms with Gasteiger partial charge in [-0.3, -0.25) is 0 Å². The standard InChI is InChI=1S/C13H16FNO2/c14-9-2-3-10-12(17-7-1-6-16-10)11(9)13(8-15)4-5-13/h2-3H,1,4-8,15H2. The highest BCUT2D eigenvalue weighted by Crippen LogP contribution is 2.53. The van der Waals surface area contributed by atoms with Crippen LogP contribution in [0.4, 0.5) is 4.39 Å². The highest BCUT2D eigenvalue weighted by molar-refractivity contribution is 5.53. The summed E-state index contributed by atoms with van der Waals surface area (Å²) in [7, 11) is 0. The van der Waals surface area contributed by atoms with Crippen LogP contribution in [0.3, 0.4) is 0 Å². The number of fused-ring (bicyclic) bond motifs is 1. The van der Waals surface area contributed by atoms with E-state index in [1.54, 1.807) is 6.07 Å². The molecule has 1 fully saturated rings. The molecule has 0 bridgehead atoms. The third-order valence-corrected chi connectivity index (χ3v) is 3.64. The summed E-state index contributed by atoms with van der Waals surface area (Å²) in [5.41, 5.74) is 6.18. The number of hydrogen-bond acceptors (Lipinski definition) is 3. The highest BCUT2D eigenvalue weighted by Gasteiger charge is 2.47. The normalized spacial score (nSPS) is 20.8. The van der Waals surface area contributed by atoms with Gasteiger partial charge in [0.25, 0.3) is 0 Å². The molecular formula is C13H16FNO2. The van der Waals surface area contributed by atoms with Crippen molar-refractivity contribution in [2.45, 2.75) is 24.7 Å². The van der Waals surface area contributed by atoms with Gasteiger partial charge in [0.1, 0.15) is 5.82 Å². The third-order valence-electron chi connectivity index (χ3n) is 3.64. The molecule has 1 aromatic carbocycles. The zero-order valence-corrected chi connectivity index (χ0v) is 9.67. The maximum absolute atomic E-state index is 14.0. The van der Waals surface area contributed by atoms with Gasteiger partial charge >= 0.3 is 0 Å². The number of benzene rings is 1. The van der Waals surface area contributed by atoms with Gasteiger partial charge in [-0.1, -0.05) is 0 Å². The van der Waals surface area contributed by atoms with Crippen LogP contribution in [0.2, 0.25) is 0 Å². The molecule has 0 amide bonds. The fourth-order valence-electron chi connectivity index (χ4n) is 2.41. The van der Waals surface area contributed by atoms with Gasteiger partial charge in [-0.25, -0.2) is 4.39 Å². The molecule has 1 aliphatic heterocycles. The van der Waals surface area contributed by atoms with E-state index >= 15 is 0 Å². The second-order valence-corrected chi connectivity index (χ2v) is 4.78. The van der Waals surface area contributed by atoms with Gasteiger partial charge in [-0.2, -0.15) is 0 Å². The number of halogens is 1. The zero-order valence-electron chi connectivity index (χ0n) is 9.67. The second kappa shape index (κ2) is 3.88. The van der Waals surface area contributed by atoms with Crippen LogP contribution in [0.25, 0.3) is 0 Å². The summed E-state index contributed by atoms with van der Waals surface area (Å²) in [5, 5.41) is 0. The van der Waals surface area contributed by atoms with Crippen LogP contribution >= 0.6 is 0 Å². The maximum atomic E-state index is 14.0. The quantitative estimate of drug-likeness (QED) is 0.855. The van der Waals surface area contributed by atoms with Crippen LogP contribution in [0.5, 0.6) is 11.5 Å². The Balaban J connectivity index is 2.12.